The van der Waals surface area contributed by atoms with Crippen molar-refractivity contribution in [3.05, 3.63) is 12.2 Å². The van der Waals surface area contributed by atoms with Crippen LogP contribution in [0.3, 0.4) is 0 Å². The Kier molecular flexibility index (Phi) is 2.96. The van der Waals surface area contributed by atoms with Gasteiger partial charge in [0.05, 0.1) is 12.6 Å². The molecule has 1 atom stereocenters. The molecule has 2 N–H and O–H groups in total. The molecular weight excluding hydrogens is 194 g/mol. The van der Waals surface area contributed by atoms with Gasteiger partial charge in [0, 0.05) is 13.6 Å². The standard InChI is InChI=1S/C9H15N5O/c1-14-8(12-6-13-14)5-11-7-3-2-4-10-9(7)15/h6-7,11H,2-5H2,1H3,(H,10,15). The molecule has 2 heterocycles. The van der Waals surface area contributed by atoms with Crippen LogP contribution in [0.1, 0.15) is 18.7 Å². The predicted molar refractivity (Wildman–Crippen MR) is 53.9 cm³/mol. The van der Waals surface area contributed by atoms with Crippen LogP contribution in [0.2, 0.25) is 0 Å². The summed E-state index contributed by atoms with van der Waals surface area (Å²) in [5.74, 6) is 0.928. The highest BCUT2D eigenvalue weighted by Crippen LogP contribution is 2.03. The van der Waals surface area contributed by atoms with Gasteiger partial charge in [-0.15, -0.1) is 0 Å². The van der Waals surface area contributed by atoms with Crippen LogP contribution in [-0.2, 0) is 18.4 Å². The van der Waals surface area contributed by atoms with Crippen molar-refractivity contribution in [1.29, 1.82) is 0 Å². The fourth-order valence-electron chi connectivity index (χ4n) is 1.66. The smallest absolute Gasteiger partial charge is 0.237 e. The van der Waals surface area contributed by atoms with Gasteiger partial charge in [0.15, 0.2) is 0 Å². The maximum Gasteiger partial charge on any atom is 0.237 e. The second-order valence-corrected chi connectivity index (χ2v) is 3.67. The molecule has 6 heteroatoms. The number of hydrogen-bond donors (Lipinski definition) is 2. The summed E-state index contributed by atoms with van der Waals surface area (Å²) in [4.78, 5) is 15.5. The zero-order chi connectivity index (χ0) is 10.7. The molecule has 1 saturated heterocycles. The summed E-state index contributed by atoms with van der Waals surface area (Å²) in [5.41, 5.74) is 0. The van der Waals surface area contributed by atoms with E-state index in [0.717, 1.165) is 25.2 Å². The topological polar surface area (TPSA) is 71.8 Å². The lowest BCUT2D eigenvalue weighted by atomic mass is 10.1. The average Bonchev–Trinajstić information content (AvgIpc) is 2.63. The van der Waals surface area contributed by atoms with Crippen LogP contribution in [0.5, 0.6) is 0 Å². The van der Waals surface area contributed by atoms with Crippen molar-refractivity contribution in [1.82, 2.24) is 25.4 Å². The van der Waals surface area contributed by atoms with Gasteiger partial charge in [-0.3, -0.25) is 14.8 Å². The van der Waals surface area contributed by atoms with Gasteiger partial charge in [-0.05, 0) is 12.8 Å². The quantitative estimate of drug-likeness (QED) is 0.682. The van der Waals surface area contributed by atoms with Gasteiger partial charge in [-0.1, -0.05) is 0 Å². The minimum absolute atomic E-state index is 0.0865. The van der Waals surface area contributed by atoms with Crippen LogP contribution >= 0.6 is 0 Å². The lowest BCUT2D eigenvalue weighted by Crippen LogP contribution is -2.48. The summed E-state index contributed by atoms with van der Waals surface area (Å²) in [6.45, 7) is 1.37. The van der Waals surface area contributed by atoms with Gasteiger partial charge in [-0.2, -0.15) is 5.10 Å². The zero-order valence-corrected chi connectivity index (χ0v) is 8.73. The van der Waals surface area contributed by atoms with Gasteiger partial charge in [0.25, 0.3) is 0 Å². The molecule has 0 bridgehead atoms. The van der Waals surface area contributed by atoms with Crippen LogP contribution in [0.25, 0.3) is 0 Å². The highest BCUT2D eigenvalue weighted by molar-refractivity contribution is 5.82. The van der Waals surface area contributed by atoms with Crippen molar-refractivity contribution in [3.63, 3.8) is 0 Å². The number of amides is 1. The first-order chi connectivity index (χ1) is 7.27. The number of piperidine rings is 1. The molecule has 15 heavy (non-hydrogen) atoms. The number of hydrogen-bond acceptors (Lipinski definition) is 4. The molecule has 1 aliphatic rings. The molecular formula is C9H15N5O. The van der Waals surface area contributed by atoms with Crippen LogP contribution < -0.4 is 10.6 Å². The molecule has 1 amide bonds. The predicted octanol–water partition coefficient (Wildman–Crippen LogP) is -0.817. The van der Waals surface area contributed by atoms with Crippen molar-refractivity contribution in [2.75, 3.05) is 6.54 Å². The van der Waals surface area contributed by atoms with E-state index in [1.807, 2.05) is 7.05 Å². The SMILES string of the molecule is Cn1ncnc1CNC1CCCNC1=O. The van der Waals surface area contributed by atoms with E-state index < -0.39 is 0 Å². The van der Waals surface area contributed by atoms with Crippen molar-refractivity contribution in [2.45, 2.75) is 25.4 Å². The Hall–Kier alpha value is -1.43. The first-order valence-electron chi connectivity index (χ1n) is 5.11. The fraction of sp³-hybridized carbons (Fsp3) is 0.667. The number of aryl methyl sites for hydroxylation is 1. The Labute approximate surface area is 88.1 Å². The zero-order valence-electron chi connectivity index (χ0n) is 8.73. The molecule has 1 aromatic heterocycles. The second-order valence-electron chi connectivity index (χ2n) is 3.67. The van der Waals surface area contributed by atoms with Crippen LogP contribution in [0.4, 0.5) is 0 Å². The lowest BCUT2D eigenvalue weighted by molar-refractivity contribution is -0.124. The second kappa shape index (κ2) is 4.39. The summed E-state index contributed by atoms with van der Waals surface area (Å²) >= 11 is 0. The third-order valence-electron chi connectivity index (χ3n) is 2.60. The summed E-state index contributed by atoms with van der Waals surface area (Å²) in [7, 11) is 1.84. The molecule has 1 aliphatic heterocycles. The molecule has 0 spiro atoms. The molecule has 0 aliphatic carbocycles. The number of rotatable bonds is 3. The Bertz CT molecular complexity index is 348. The number of carbonyl (C=O) groups excluding carboxylic acids is 1. The van der Waals surface area contributed by atoms with Crippen molar-refractivity contribution in [2.24, 2.45) is 7.05 Å². The summed E-state index contributed by atoms with van der Waals surface area (Å²) < 4.78 is 1.70. The van der Waals surface area contributed by atoms with Crippen molar-refractivity contribution < 1.29 is 4.79 Å². The first-order valence-corrected chi connectivity index (χ1v) is 5.11. The highest BCUT2D eigenvalue weighted by atomic mass is 16.2. The molecule has 1 aromatic rings. The van der Waals surface area contributed by atoms with Gasteiger partial charge in [0.1, 0.15) is 12.2 Å². The van der Waals surface area contributed by atoms with E-state index >= 15 is 0 Å². The number of nitrogens with one attached hydrogen (secondary N) is 2. The normalized spacial score (nSPS) is 21.4. The molecule has 6 nitrogen and oxygen atoms in total. The van der Waals surface area contributed by atoms with E-state index in [1.54, 1.807) is 4.68 Å². The van der Waals surface area contributed by atoms with Gasteiger partial charge >= 0.3 is 0 Å². The van der Waals surface area contributed by atoms with Gasteiger partial charge in [-0.25, -0.2) is 4.98 Å². The molecule has 82 valence electrons. The minimum Gasteiger partial charge on any atom is -0.355 e. The summed E-state index contributed by atoms with van der Waals surface area (Å²) in [6.07, 6.45) is 3.43. The van der Waals surface area contributed by atoms with E-state index in [-0.39, 0.29) is 11.9 Å². The number of nitrogens with zero attached hydrogens (tertiary/aromatic N) is 3. The Balaban J connectivity index is 1.87. The van der Waals surface area contributed by atoms with Crippen molar-refractivity contribution in [3.8, 4) is 0 Å². The highest BCUT2D eigenvalue weighted by Gasteiger charge is 2.21. The lowest BCUT2D eigenvalue weighted by Gasteiger charge is -2.22. The third-order valence-corrected chi connectivity index (χ3v) is 2.60. The van der Waals surface area contributed by atoms with E-state index in [2.05, 4.69) is 20.7 Å². The Morgan fingerprint density at radius 1 is 1.73 bits per heavy atom. The molecule has 1 unspecified atom stereocenters. The molecule has 2 rings (SSSR count). The van der Waals surface area contributed by atoms with Crippen LogP contribution in [0.15, 0.2) is 6.33 Å². The minimum atomic E-state index is -0.0875. The number of carbonyl (C=O) groups is 1. The van der Waals surface area contributed by atoms with E-state index in [1.165, 1.54) is 6.33 Å². The summed E-state index contributed by atoms with van der Waals surface area (Å²) in [6, 6.07) is -0.0875. The number of aromatic nitrogens is 3. The van der Waals surface area contributed by atoms with Gasteiger partial charge in [0.2, 0.25) is 5.91 Å². The van der Waals surface area contributed by atoms with Crippen LogP contribution in [-0.4, -0.2) is 33.3 Å². The maximum atomic E-state index is 11.4. The van der Waals surface area contributed by atoms with E-state index in [4.69, 9.17) is 0 Å². The fourth-order valence-corrected chi connectivity index (χ4v) is 1.66. The van der Waals surface area contributed by atoms with E-state index in [9.17, 15) is 4.79 Å². The van der Waals surface area contributed by atoms with E-state index in [0.29, 0.717) is 6.54 Å². The molecule has 1 fully saturated rings. The molecule has 0 saturated carbocycles. The van der Waals surface area contributed by atoms with Crippen LogP contribution in [0, 0.1) is 0 Å². The Morgan fingerprint density at radius 2 is 2.60 bits per heavy atom. The monoisotopic (exact) mass is 209 g/mol. The van der Waals surface area contributed by atoms with Gasteiger partial charge < -0.3 is 5.32 Å². The Morgan fingerprint density at radius 3 is 3.27 bits per heavy atom. The average molecular weight is 209 g/mol. The maximum absolute atomic E-state index is 11.4. The molecule has 0 aromatic carbocycles. The largest absolute Gasteiger partial charge is 0.355 e. The molecule has 0 radical (unpaired) electrons. The van der Waals surface area contributed by atoms with Crippen molar-refractivity contribution >= 4 is 5.91 Å². The third kappa shape index (κ3) is 2.33. The summed E-state index contributed by atoms with van der Waals surface area (Å²) in [5, 5.41) is 9.98. The first kappa shape index (κ1) is 10.1.